The summed E-state index contributed by atoms with van der Waals surface area (Å²) >= 11 is 5.94. The fraction of sp³-hybridized carbons (Fsp3) is 0.368. The highest BCUT2D eigenvalue weighted by Crippen LogP contribution is 2.30. The van der Waals surface area contributed by atoms with Gasteiger partial charge in [0.1, 0.15) is 10.8 Å². The Balaban J connectivity index is 1.62. The first-order valence-corrected chi connectivity index (χ1v) is 9.43. The zero-order chi connectivity index (χ0) is 21.9. The highest BCUT2D eigenvalue weighted by Gasteiger charge is 2.30. The fourth-order valence-electron chi connectivity index (χ4n) is 2.51. The third-order valence-electron chi connectivity index (χ3n) is 4.27. The van der Waals surface area contributed by atoms with Gasteiger partial charge in [-0.2, -0.15) is 13.2 Å². The van der Waals surface area contributed by atoms with Crippen LogP contribution in [-0.2, 0) is 4.79 Å². The summed E-state index contributed by atoms with van der Waals surface area (Å²) in [5.74, 6) is -0.614. The number of aromatic nitrogens is 2. The van der Waals surface area contributed by atoms with Crippen LogP contribution in [0.25, 0.3) is 0 Å². The zero-order valence-electron chi connectivity index (χ0n) is 15.8. The summed E-state index contributed by atoms with van der Waals surface area (Å²) in [6.07, 6.45) is -0.129. The van der Waals surface area contributed by atoms with Crippen molar-refractivity contribution in [3.8, 4) is 5.88 Å². The lowest BCUT2D eigenvalue weighted by Crippen LogP contribution is -2.27. The molecule has 7 nitrogen and oxygen atoms in total. The van der Waals surface area contributed by atoms with Crippen LogP contribution in [0.15, 0.2) is 30.6 Å². The van der Waals surface area contributed by atoms with Crippen molar-refractivity contribution >= 4 is 29.2 Å². The molecule has 0 aromatic carbocycles. The first-order chi connectivity index (χ1) is 14.1. The van der Waals surface area contributed by atoms with Gasteiger partial charge < -0.3 is 15.4 Å². The Morgan fingerprint density at radius 3 is 2.67 bits per heavy atom. The Morgan fingerprint density at radius 2 is 2.03 bits per heavy atom. The Hall–Kier alpha value is -2.88. The summed E-state index contributed by atoms with van der Waals surface area (Å²) in [6.45, 7) is 0.158. The molecule has 1 unspecified atom stereocenters. The normalized spacial score (nSPS) is 14.7. The van der Waals surface area contributed by atoms with Gasteiger partial charge in [-0.05, 0) is 43.5 Å². The van der Waals surface area contributed by atoms with Gasteiger partial charge >= 0.3 is 6.18 Å². The molecule has 0 aliphatic heterocycles. The summed E-state index contributed by atoms with van der Waals surface area (Å²) in [5, 5.41) is 5.30. The Morgan fingerprint density at radius 1 is 1.30 bits per heavy atom. The Bertz CT molecular complexity index is 951. The van der Waals surface area contributed by atoms with Crippen molar-refractivity contribution in [3.05, 3.63) is 46.7 Å². The number of rotatable bonds is 7. The van der Waals surface area contributed by atoms with Crippen molar-refractivity contribution in [1.29, 1.82) is 0 Å². The van der Waals surface area contributed by atoms with Crippen LogP contribution in [0.1, 0.15) is 41.7 Å². The van der Waals surface area contributed by atoms with Crippen LogP contribution in [0.2, 0.25) is 5.02 Å². The maximum atomic E-state index is 12.5. The number of halogens is 4. The summed E-state index contributed by atoms with van der Waals surface area (Å²) in [6, 6.07) is 3.78. The van der Waals surface area contributed by atoms with Crippen LogP contribution in [0.4, 0.5) is 19.0 Å². The van der Waals surface area contributed by atoms with Crippen molar-refractivity contribution < 1.29 is 27.5 Å². The van der Waals surface area contributed by atoms with Gasteiger partial charge in [0.15, 0.2) is 6.61 Å². The molecule has 0 spiro atoms. The third kappa shape index (κ3) is 6.06. The van der Waals surface area contributed by atoms with Crippen molar-refractivity contribution in [2.24, 2.45) is 5.92 Å². The lowest BCUT2D eigenvalue weighted by molar-refractivity contribution is -0.154. The third-order valence-corrected chi connectivity index (χ3v) is 4.54. The Kier molecular flexibility index (Phi) is 6.45. The molecule has 2 amide bonds. The van der Waals surface area contributed by atoms with Gasteiger partial charge in [-0.25, -0.2) is 9.97 Å². The van der Waals surface area contributed by atoms with Gasteiger partial charge in [0.2, 0.25) is 11.8 Å². The highest BCUT2D eigenvalue weighted by atomic mass is 35.5. The van der Waals surface area contributed by atoms with Crippen LogP contribution >= 0.6 is 11.6 Å². The number of hydrogen-bond donors (Lipinski definition) is 2. The second-order valence-electron chi connectivity index (χ2n) is 6.85. The maximum absolute atomic E-state index is 12.5. The second kappa shape index (κ2) is 8.86. The number of amides is 2. The smallest absolute Gasteiger partial charge is 0.422 e. The van der Waals surface area contributed by atoms with Gasteiger partial charge in [0, 0.05) is 23.9 Å². The average Bonchev–Trinajstić information content (AvgIpc) is 3.51. The Labute approximate surface area is 175 Å². The summed E-state index contributed by atoms with van der Waals surface area (Å²) in [5.41, 5.74) is 0.760. The summed E-state index contributed by atoms with van der Waals surface area (Å²) in [4.78, 5) is 32.2. The van der Waals surface area contributed by atoms with Crippen molar-refractivity contribution in [2.45, 2.75) is 32.0 Å². The van der Waals surface area contributed by atoms with E-state index in [1.165, 1.54) is 30.6 Å². The second-order valence-corrected chi connectivity index (χ2v) is 7.26. The molecule has 11 heteroatoms. The fourth-order valence-corrected chi connectivity index (χ4v) is 2.74. The molecule has 30 heavy (non-hydrogen) atoms. The van der Waals surface area contributed by atoms with Crippen LogP contribution in [0, 0.1) is 5.92 Å². The predicted molar refractivity (Wildman–Crippen MR) is 102 cm³/mol. The van der Waals surface area contributed by atoms with E-state index in [-0.39, 0.29) is 34.1 Å². The minimum absolute atomic E-state index is 0.00429. The molecule has 1 aliphatic carbocycles. The van der Waals surface area contributed by atoms with E-state index in [9.17, 15) is 22.8 Å². The van der Waals surface area contributed by atoms with Crippen LogP contribution < -0.4 is 15.4 Å². The van der Waals surface area contributed by atoms with E-state index in [1.54, 1.807) is 6.92 Å². The van der Waals surface area contributed by atoms with Gasteiger partial charge in [-0.3, -0.25) is 9.59 Å². The van der Waals surface area contributed by atoms with Crippen molar-refractivity contribution in [1.82, 2.24) is 15.3 Å². The number of anilines is 1. The van der Waals surface area contributed by atoms with E-state index in [0.717, 1.165) is 12.8 Å². The maximum Gasteiger partial charge on any atom is 0.422 e. The van der Waals surface area contributed by atoms with Gasteiger partial charge in [0.05, 0.1) is 6.04 Å². The van der Waals surface area contributed by atoms with E-state index in [4.69, 9.17) is 11.6 Å². The molecule has 0 radical (unpaired) electrons. The zero-order valence-corrected chi connectivity index (χ0v) is 16.5. The molecule has 160 valence electrons. The molecule has 2 aromatic rings. The molecular formula is C19H18ClF3N4O3. The lowest BCUT2D eigenvalue weighted by atomic mass is 10.1. The number of carbonyl (C=O) groups excluding carboxylic acids is 2. The number of nitrogens with zero attached hydrogens (tertiary/aromatic N) is 2. The predicted octanol–water partition coefficient (Wildman–Crippen LogP) is 3.91. The molecule has 2 heterocycles. The minimum atomic E-state index is -4.51. The molecule has 2 N–H and O–H groups in total. The van der Waals surface area contributed by atoms with Crippen LogP contribution in [-0.4, -0.2) is 34.6 Å². The van der Waals surface area contributed by atoms with Gasteiger partial charge in [-0.15, -0.1) is 0 Å². The van der Waals surface area contributed by atoms with Gasteiger partial charge in [0.25, 0.3) is 5.91 Å². The van der Waals surface area contributed by atoms with E-state index in [1.807, 2.05) is 0 Å². The molecule has 3 rings (SSSR count). The molecule has 1 aliphatic rings. The van der Waals surface area contributed by atoms with Crippen LogP contribution in [0.5, 0.6) is 5.88 Å². The first kappa shape index (κ1) is 21.8. The number of nitrogens with one attached hydrogen (secondary N) is 2. The highest BCUT2D eigenvalue weighted by molar-refractivity contribution is 6.31. The number of carbonyl (C=O) groups is 2. The van der Waals surface area contributed by atoms with E-state index in [2.05, 4.69) is 25.3 Å². The van der Waals surface area contributed by atoms with E-state index < -0.39 is 24.7 Å². The number of ether oxygens (including phenoxy) is 1. The SMILES string of the molecule is CC(NC(=O)c1ccnc(NC(=O)C2CC2)c1)c1cnc(OCC(F)(F)F)c(Cl)c1. The number of pyridine rings is 2. The largest absolute Gasteiger partial charge is 0.467 e. The topological polar surface area (TPSA) is 93.2 Å². The molecular weight excluding hydrogens is 425 g/mol. The molecule has 1 atom stereocenters. The quantitative estimate of drug-likeness (QED) is 0.678. The minimum Gasteiger partial charge on any atom is -0.467 e. The molecule has 0 bridgehead atoms. The van der Waals surface area contributed by atoms with Crippen molar-refractivity contribution in [3.63, 3.8) is 0 Å². The van der Waals surface area contributed by atoms with E-state index in [0.29, 0.717) is 5.56 Å². The average molecular weight is 443 g/mol. The molecule has 2 aromatic heterocycles. The van der Waals surface area contributed by atoms with Crippen LogP contribution in [0.3, 0.4) is 0 Å². The van der Waals surface area contributed by atoms with Gasteiger partial charge in [-0.1, -0.05) is 11.6 Å². The molecule has 1 fully saturated rings. The summed E-state index contributed by atoms with van der Waals surface area (Å²) < 4.78 is 41.3. The molecule has 0 saturated heterocycles. The standard InChI is InChI=1S/C19H18ClF3N4O3/c1-10(13-6-14(20)18(25-8-13)30-9-19(21,22)23)26-17(29)12-4-5-24-15(7-12)27-16(28)11-2-3-11/h4-8,10-11H,2-3,9H2,1H3,(H,26,29)(H,24,27,28). The first-order valence-electron chi connectivity index (χ1n) is 9.05. The lowest BCUT2D eigenvalue weighted by Gasteiger charge is -2.16. The van der Waals surface area contributed by atoms with Crippen molar-refractivity contribution in [2.75, 3.05) is 11.9 Å². The number of hydrogen-bond acceptors (Lipinski definition) is 5. The monoisotopic (exact) mass is 442 g/mol. The molecule has 1 saturated carbocycles. The van der Waals surface area contributed by atoms with E-state index >= 15 is 0 Å². The summed E-state index contributed by atoms with van der Waals surface area (Å²) in [7, 11) is 0. The number of alkyl halides is 3.